The lowest BCUT2D eigenvalue weighted by Crippen LogP contribution is -2.36. The molecule has 0 atom stereocenters. The van der Waals surface area contributed by atoms with Crippen LogP contribution in [-0.4, -0.2) is 37.3 Å². The third kappa shape index (κ3) is 6.36. The SMILES string of the molecule is O=C(C=Cc1ccc(-c2ccc(Cl)cc2)o1)NC(=S)Nc1ccc(N2CCOCC2)c(Cl)c1. The minimum atomic E-state index is -0.382. The van der Waals surface area contributed by atoms with E-state index >= 15 is 0 Å². The fraction of sp³-hybridized carbons (Fsp3) is 0.167. The highest BCUT2D eigenvalue weighted by Crippen LogP contribution is 2.29. The minimum absolute atomic E-state index is 0.168. The molecule has 1 aromatic heterocycles. The molecule has 1 saturated heterocycles. The zero-order chi connectivity index (χ0) is 23.2. The number of hydrogen-bond acceptors (Lipinski definition) is 5. The van der Waals surface area contributed by atoms with Gasteiger partial charge in [-0.3, -0.25) is 10.1 Å². The molecular weight excluding hydrogens is 481 g/mol. The summed E-state index contributed by atoms with van der Waals surface area (Å²) < 4.78 is 11.1. The summed E-state index contributed by atoms with van der Waals surface area (Å²) in [6, 6.07) is 16.5. The predicted octanol–water partition coefficient (Wildman–Crippen LogP) is 5.62. The van der Waals surface area contributed by atoms with Gasteiger partial charge >= 0.3 is 0 Å². The van der Waals surface area contributed by atoms with Crippen molar-refractivity contribution in [2.24, 2.45) is 0 Å². The molecule has 170 valence electrons. The predicted molar refractivity (Wildman–Crippen MR) is 137 cm³/mol. The summed E-state index contributed by atoms with van der Waals surface area (Å²) in [5.41, 5.74) is 2.52. The molecule has 1 aliphatic rings. The lowest BCUT2D eigenvalue weighted by atomic mass is 10.2. The second-order valence-electron chi connectivity index (χ2n) is 7.25. The highest BCUT2D eigenvalue weighted by molar-refractivity contribution is 7.80. The van der Waals surface area contributed by atoms with Gasteiger partial charge in [-0.15, -0.1) is 0 Å². The molecule has 2 N–H and O–H groups in total. The van der Waals surface area contributed by atoms with Crippen molar-refractivity contribution in [2.75, 3.05) is 36.5 Å². The van der Waals surface area contributed by atoms with E-state index in [0.717, 1.165) is 24.3 Å². The summed E-state index contributed by atoms with van der Waals surface area (Å²) in [5.74, 6) is 0.841. The summed E-state index contributed by atoms with van der Waals surface area (Å²) in [7, 11) is 0. The number of hydrogen-bond donors (Lipinski definition) is 2. The Morgan fingerprint density at radius 2 is 1.79 bits per heavy atom. The van der Waals surface area contributed by atoms with E-state index in [-0.39, 0.29) is 11.0 Å². The molecule has 1 aliphatic heterocycles. The molecule has 33 heavy (non-hydrogen) atoms. The van der Waals surface area contributed by atoms with Crippen LogP contribution in [0.3, 0.4) is 0 Å². The monoisotopic (exact) mass is 501 g/mol. The summed E-state index contributed by atoms with van der Waals surface area (Å²) >= 11 is 17.6. The van der Waals surface area contributed by atoms with Crippen LogP contribution >= 0.6 is 35.4 Å². The van der Waals surface area contributed by atoms with Crippen LogP contribution in [0.4, 0.5) is 11.4 Å². The van der Waals surface area contributed by atoms with Gasteiger partial charge in [0, 0.05) is 35.4 Å². The maximum atomic E-state index is 12.2. The van der Waals surface area contributed by atoms with Gasteiger partial charge < -0.3 is 19.4 Å². The lowest BCUT2D eigenvalue weighted by molar-refractivity contribution is -0.115. The van der Waals surface area contributed by atoms with Crippen molar-refractivity contribution in [3.63, 3.8) is 0 Å². The number of nitrogens with zero attached hydrogens (tertiary/aromatic N) is 1. The first-order chi connectivity index (χ1) is 16.0. The number of carbonyl (C=O) groups excluding carboxylic acids is 1. The first-order valence-corrected chi connectivity index (χ1v) is 11.4. The molecule has 0 spiro atoms. The number of rotatable bonds is 5. The average Bonchev–Trinajstić information content (AvgIpc) is 3.28. The molecule has 0 bridgehead atoms. The first-order valence-electron chi connectivity index (χ1n) is 10.3. The van der Waals surface area contributed by atoms with E-state index in [9.17, 15) is 4.79 Å². The number of anilines is 2. The van der Waals surface area contributed by atoms with Crippen molar-refractivity contribution in [1.29, 1.82) is 0 Å². The molecule has 2 aromatic carbocycles. The van der Waals surface area contributed by atoms with Gasteiger partial charge in [0.1, 0.15) is 11.5 Å². The number of ether oxygens (including phenoxy) is 1. The topological polar surface area (TPSA) is 66.7 Å². The molecule has 0 unspecified atom stereocenters. The third-order valence-corrected chi connectivity index (χ3v) is 5.71. The van der Waals surface area contributed by atoms with Crippen LogP contribution in [0.25, 0.3) is 17.4 Å². The molecule has 1 amide bonds. The van der Waals surface area contributed by atoms with E-state index in [0.29, 0.717) is 40.5 Å². The normalized spacial score (nSPS) is 13.8. The Morgan fingerprint density at radius 1 is 1.03 bits per heavy atom. The van der Waals surface area contributed by atoms with Crippen LogP contribution in [0, 0.1) is 0 Å². The van der Waals surface area contributed by atoms with E-state index in [2.05, 4.69) is 15.5 Å². The smallest absolute Gasteiger partial charge is 0.250 e. The number of furan rings is 1. The van der Waals surface area contributed by atoms with E-state index in [4.69, 9.17) is 44.6 Å². The highest BCUT2D eigenvalue weighted by Gasteiger charge is 2.14. The zero-order valence-electron chi connectivity index (χ0n) is 17.5. The van der Waals surface area contributed by atoms with Gasteiger partial charge in [0.15, 0.2) is 5.11 Å². The fourth-order valence-corrected chi connectivity index (χ4v) is 3.98. The number of amides is 1. The zero-order valence-corrected chi connectivity index (χ0v) is 19.8. The molecule has 4 rings (SSSR count). The molecule has 1 fully saturated rings. The maximum absolute atomic E-state index is 12.2. The second-order valence-corrected chi connectivity index (χ2v) is 8.50. The van der Waals surface area contributed by atoms with Crippen molar-refractivity contribution < 1.29 is 13.9 Å². The van der Waals surface area contributed by atoms with E-state index in [1.54, 1.807) is 30.3 Å². The Labute approximate surface area is 207 Å². The highest BCUT2D eigenvalue weighted by atomic mass is 35.5. The molecule has 9 heteroatoms. The van der Waals surface area contributed by atoms with Gasteiger partial charge in [0.2, 0.25) is 5.91 Å². The summed E-state index contributed by atoms with van der Waals surface area (Å²) in [6.07, 6.45) is 2.93. The Bertz CT molecular complexity index is 1170. The van der Waals surface area contributed by atoms with Crippen molar-refractivity contribution in [1.82, 2.24) is 5.32 Å². The van der Waals surface area contributed by atoms with Gasteiger partial charge in [0.05, 0.1) is 23.9 Å². The Kier molecular flexibility index (Phi) is 7.67. The van der Waals surface area contributed by atoms with Gasteiger partial charge in [-0.25, -0.2) is 0 Å². The molecular formula is C24H21Cl2N3O3S. The molecule has 0 radical (unpaired) electrons. The standard InChI is InChI=1S/C24H21Cl2N3O3S/c25-17-3-1-16(2-4-17)22-9-6-19(32-22)7-10-23(30)28-24(33)27-18-5-8-21(20(26)15-18)29-11-13-31-14-12-29/h1-10,15H,11-14H2,(H2,27,28,30,33). The summed E-state index contributed by atoms with van der Waals surface area (Å²) in [5, 5.41) is 7.01. The second kappa shape index (κ2) is 10.9. The number of carbonyl (C=O) groups is 1. The largest absolute Gasteiger partial charge is 0.457 e. The molecule has 6 nitrogen and oxygen atoms in total. The minimum Gasteiger partial charge on any atom is -0.457 e. The Hall–Kier alpha value is -2.84. The van der Waals surface area contributed by atoms with Crippen molar-refractivity contribution >= 4 is 63.9 Å². The molecule has 2 heterocycles. The third-order valence-electron chi connectivity index (χ3n) is 4.95. The Morgan fingerprint density at radius 3 is 2.52 bits per heavy atom. The van der Waals surface area contributed by atoms with E-state index < -0.39 is 0 Å². The van der Waals surface area contributed by atoms with Gasteiger partial charge in [-0.1, -0.05) is 23.2 Å². The molecule has 3 aromatic rings. The van der Waals surface area contributed by atoms with Crippen LogP contribution < -0.4 is 15.5 Å². The lowest BCUT2D eigenvalue weighted by Gasteiger charge is -2.29. The quantitative estimate of drug-likeness (QED) is 0.349. The van der Waals surface area contributed by atoms with Crippen molar-refractivity contribution in [3.05, 3.63) is 76.5 Å². The summed E-state index contributed by atoms with van der Waals surface area (Å²) in [4.78, 5) is 14.4. The van der Waals surface area contributed by atoms with Gasteiger partial charge in [-0.2, -0.15) is 0 Å². The number of thiocarbonyl (C=S) groups is 1. The number of halogens is 2. The number of morpholine rings is 1. The van der Waals surface area contributed by atoms with Crippen LogP contribution in [0.2, 0.25) is 10.0 Å². The first kappa shape index (κ1) is 23.3. The van der Waals surface area contributed by atoms with Crippen LogP contribution in [-0.2, 0) is 9.53 Å². The number of benzene rings is 2. The van der Waals surface area contributed by atoms with Crippen LogP contribution in [0.5, 0.6) is 0 Å². The van der Waals surface area contributed by atoms with Crippen molar-refractivity contribution in [2.45, 2.75) is 0 Å². The van der Waals surface area contributed by atoms with Gasteiger partial charge in [0.25, 0.3) is 0 Å². The van der Waals surface area contributed by atoms with Crippen molar-refractivity contribution in [3.8, 4) is 11.3 Å². The average molecular weight is 502 g/mol. The van der Waals surface area contributed by atoms with Crippen LogP contribution in [0.15, 0.2) is 65.1 Å². The maximum Gasteiger partial charge on any atom is 0.250 e. The van der Waals surface area contributed by atoms with E-state index in [1.807, 2.05) is 30.3 Å². The summed E-state index contributed by atoms with van der Waals surface area (Å²) in [6.45, 7) is 2.95. The Balaban J connectivity index is 1.30. The van der Waals surface area contributed by atoms with Gasteiger partial charge in [-0.05, 0) is 72.9 Å². The van der Waals surface area contributed by atoms with Crippen LogP contribution in [0.1, 0.15) is 5.76 Å². The molecule has 0 aliphatic carbocycles. The van der Waals surface area contributed by atoms with E-state index in [1.165, 1.54) is 6.08 Å². The number of nitrogens with one attached hydrogen (secondary N) is 2. The molecule has 0 saturated carbocycles. The fourth-order valence-electron chi connectivity index (χ4n) is 3.33.